The summed E-state index contributed by atoms with van der Waals surface area (Å²) < 4.78 is 4.78. The van der Waals surface area contributed by atoms with Crippen molar-refractivity contribution in [3.05, 3.63) is 24.4 Å². The molecule has 1 aromatic heterocycles. The van der Waals surface area contributed by atoms with Crippen LogP contribution in [0.25, 0.3) is 0 Å². The van der Waals surface area contributed by atoms with Crippen LogP contribution in [0, 0.1) is 0 Å². The molecule has 112 valence electrons. The van der Waals surface area contributed by atoms with Gasteiger partial charge in [0.15, 0.2) is 0 Å². The minimum atomic E-state index is -1.05. The number of carbonyl (C=O) groups excluding carboxylic acids is 3. The second kappa shape index (κ2) is 7.89. The van der Waals surface area contributed by atoms with E-state index in [2.05, 4.69) is 9.82 Å². The molecular weight excluding hydrogens is 316 g/mol. The Hall–Kier alpha value is -1.74. The maximum Gasteiger partial charge on any atom is 0.533 e. The van der Waals surface area contributed by atoms with E-state index >= 15 is 0 Å². The van der Waals surface area contributed by atoms with Gasteiger partial charge in [0.05, 0.1) is 0 Å². The number of hydrogen-bond donors (Lipinski definition) is 0. The number of nitrogens with zero attached hydrogens (tertiary/aromatic N) is 2. The van der Waals surface area contributed by atoms with Crippen LogP contribution in [0.3, 0.4) is 0 Å². The third-order valence-corrected chi connectivity index (χ3v) is 4.57. The van der Waals surface area contributed by atoms with Gasteiger partial charge in [-0.3, -0.25) is 14.4 Å². The van der Waals surface area contributed by atoms with E-state index in [1.165, 1.54) is 21.6 Å². The normalized spacial score (nSPS) is 14.4. The molecule has 0 radical (unpaired) electrons. The fraction of sp³-hybridized carbons (Fsp3) is 0.333. The van der Waals surface area contributed by atoms with Crippen molar-refractivity contribution in [3.63, 3.8) is 0 Å². The molecule has 1 aromatic rings. The van der Waals surface area contributed by atoms with Crippen LogP contribution in [-0.2, 0) is 19.2 Å². The Kier molecular flexibility index (Phi) is 5.88. The summed E-state index contributed by atoms with van der Waals surface area (Å²) in [6, 6.07) is 5.58. The molecule has 0 saturated carbocycles. The van der Waals surface area contributed by atoms with E-state index in [0.29, 0.717) is 10.8 Å². The topological polar surface area (TPSA) is 85.8 Å². The average molecular weight is 328 g/mol. The molecule has 2 rings (SSSR count). The van der Waals surface area contributed by atoms with E-state index in [-0.39, 0.29) is 19.4 Å². The van der Waals surface area contributed by atoms with Crippen molar-refractivity contribution in [1.29, 1.82) is 0 Å². The molecule has 1 aliphatic rings. The SMILES string of the molecule is O=C(OCCSSc1ccccn1)ON1C(=O)CCC1=O. The highest BCUT2D eigenvalue weighted by Crippen LogP contribution is 2.28. The van der Waals surface area contributed by atoms with Crippen molar-refractivity contribution in [1.82, 2.24) is 10.0 Å². The third kappa shape index (κ3) is 4.94. The number of hydrogen-bond acceptors (Lipinski definition) is 8. The van der Waals surface area contributed by atoms with E-state index in [1.54, 1.807) is 6.20 Å². The van der Waals surface area contributed by atoms with Gasteiger partial charge in [0.2, 0.25) is 0 Å². The molecule has 21 heavy (non-hydrogen) atoms. The summed E-state index contributed by atoms with van der Waals surface area (Å²) in [6.07, 6.45) is 0.758. The maximum absolute atomic E-state index is 11.3. The fourth-order valence-corrected chi connectivity index (χ4v) is 3.12. The quantitative estimate of drug-likeness (QED) is 0.339. The molecule has 1 aliphatic heterocycles. The second-order valence-corrected chi connectivity index (χ2v) is 6.28. The Morgan fingerprint density at radius 3 is 2.71 bits per heavy atom. The molecule has 2 amide bonds. The first-order valence-corrected chi connectivity index (χ1v) is 8.40. The van der Waals surface area contributed by atoms with Crippen LogP contribution in [0.5, 0.6) is 0 Å². The first kappa shape index (κ1) is 15.6. The van der Waals surface area contributed by atoms with Crippen LogP contribution in [-0.4, -0.2) is 40.4 Å². The van der Waals surface area contributed by atoms with Gasteiger partial charge in [-0.25, -0.2) is 9.78 Å². The minimum absolute atomic E-state index is 0.0582. The monoisotopic (exact) mass is 328 g/mol. The van der Waals surface area contributed by atoms with Crippen LogP contribution >= 0.6 is 21.6 Å². The minimum Gasteiger partial charge on any atom is -0.432 e. The van der Waals surface area contributed by atoms with Crippen molar-refractivity contribution in [3.8, 4) is 0 Å². The Balaban J connectivity index is 1.59. The highest BCUT2D eigenvalue weighted by Gasteiger charge is 2.33. The standard InChI is InChI=1S/C12H12N2O5S2/c15-10-4-5-11(16)14(10)19-12(17)18-7-8-20-21-9-3-1-2-6-13-9/h1-3,6H,4-5,7-8H2. The van der Waals surface area contributed by atoms with Gasteiger partial charge in [-0.15, -0.1) is 0 Å². The van der Waals surface area contributed by atoms with Crippen molar-refractivity contribution in [2.45, 2.75) is 17.9 Å². The van der Waals surface area contributed by atoms with Crippen molar-refractivity contribution < 1.29 is 24.0 Å². The number of imide groups is 1. The molecule has 1 saturated heterocycles. The number of amides is 2. The van der Waals surface area contributed by atoms with Crippen LogP contribution in [0.15, 0.2) is 29.4 Å². The van der Waals surface area contributed by atoms with Crippen LogP contribution in [0.4, 0.5) is 4.79 Å². The smallest absolute Gasteiger partial charge is 0.432 e. The third-order valence-electron chi connectivity index (χ3n) is 2.34. The van der Waals surface area contributed by atoms with Crippen molar-refractivity contribution in [2.75, 3.05) is 12.4 Å². The summed E-state index contributed by atoms with van der Waals surface area (Å²) in [5, 5.41) is 1.32. The number of ether oxygens (including phenoxy) is 1. The molecule has 0 N–H and O–H groups in total. The second-order valence-electron chi connectivity index (χ2n) is 3.84. The Bertz CT molecular complexity index is 510. The molecule has 0 spiro atoms. The van der Waals surface area contributed by atoms with Gasteiger partial charge >= 0.3 is 6.16 Å². The molecule has 9 heteroatoms. The summed E-state index contributed by atoms with van der Waals surface area (Å²) in [5.74, 6) is -0.535. The highest BCUT2D eigenvalue weighted by atomic mass is 33.1. The largest absolute Gasteiger partial charge is 0.533 e. The van der Waals surface area contributed by atoms with Crippen LogP contribution in [0.2, 0.25) is 0 Å². The zero-order chi connectivity index (χ0) is 15.1. The van der Waals surface area contributed by atoms with Gasteiger partial charge in [-0.1, -0.05) is 21.9 Å². The van der Waals surface area contributed by atoms with Crippen LogP contribution < -0.4 is 0 Å². The van der Waals surface area contributed by atoms with Gasteiger partial charge in [0, 0.05) is 24.8 Å². The van der Waals surface area contributed by atoms with Gasteiger partial charge in [0.25, 0.3) is 11.8 Å². The zero-order valence-electron chi connectivity index (χ0n) is 10.9. The van der Waals surface area contributed by atoms with Gasteiger partial charge in [0.1, 0.15) is 11.6 Å². The predicted molar refractivity (Wildman–Crippen MR) is 76.1 cm³/mol. The molecule has 0 atom stereocenters. The Labute approximate surface area is 128 Å². The summed E-state index contributed by atoms with van der Waals surface area (Å²) >= 11 is 0. The molecule has 2 heterocycles. The lowest BCUT2D eigenvalue weighted by Crippen LogP contribution is -2.32. The number of aromatic nitrogens is 1. The fourth-order valence-electron chi connectivity index (χ4n) is 1.42. The van der Waals surface area contributed by atoms with Crippen molar-refractivity contribution in [2.24, 2.45) is 0 Å². The highest BCUT2D eigenvalue weighted by molar-refractivity contribution is 8.76. The molecule has 0 bridgehead atoms. The molecule has 0 unspecified atom stereocenters. The van der Waals surface area contributed by atoms with Gasteiger partial charge < -0.3 is 4.74 Å². The van der Waals surface area contributed by atoms with Crippen molar-refractivity contribution >= 4 is 39.6 Å². The lowest BCUT2D eigenvalue weighted by atomic mass is 10.4. The maximum atomic E-state index is 11.3. The van der Waals surface area contributed by atoms with Gasteiger partial charge in [-0.2, -0.15) is 0 Å². The first-order valence-electron chi connectivity index (χ1n) is 6.08. The van der Waals surface area contributed by atoms with Crippen LogP contribution in [0.1, 0.15) is 12.8 Å². The Morgan fingerprint density at radius 2 is 2.05 bits per heavy atom. The Morgan fingerprint density at radius 1 is 1.29 bits per heavy atom. The molecule has 0 aliphatic carbocycles. The zero-order valence-corrected chi connectivity index (χ0v) is 12.5. The summed E-state index contributed by atoms with van der Waals surface area (Å²) in [7, 11) is 2.93. The summed E-state index contributed by atoms with van der Waals surface area (Å²) in [4.78, 5) is 42.4. The number of pyridine rings is 1. The summed E-state index contributed by atoms with van der Waals surface area (Å²) in [5.41, 5.74) is 0. The van der Waals surface area contributed by atoms with E-state index in [4.69, 9.17) is 4.74 Å². The molecule has 7 nitrogen and oxygen atoms in total. The van der Waals surface area contributed by atoms with E-state index in [9.17, 15) is 14.4 Å². The summed E-state index contributed by atoms with van der Waals surface area (Å²) in [6.45, 7) is 0.111. The number of carbonyl (C=O) groups is 3. The number of rotatable bonds is 6. The first-order chi connectivity index (χ1) is 10.2. The average Bonchev–Trinajstić information content (AvgIpc) is 2.80. The van der Waals surface area contributed by atoms with E-state index in [0.717, 1.165) is 5.03 Å². The van der Waals surface area contributed by atoms with E-state index in [1.807, 2.05) is 18.2 Å². The molecule has 0 aromatic carbocycles. The molecular formula is C12H12N2O5S2. The van der Waals surface area contributed by atoms with E-state index < -0.39 is 18.0 Å². The molecule has 1 fully saturated rings. The number of hydroxylamine groups is 2. The van der Waals surface area contributed by atoms with Gasteiger partial charge in [-0.05, 0) is 22.9 Å². The lowest BCUT2D eigenvalue weighted by Gasteiger charge is -2.12. The lowest BCUT2D eigenvalue weighted by molar-refractivity contribution is -0.176. The predicted octanol–water partition coefficient (Wildman–Crippen LogP) is 2.04.